The van der Waals surface area contributed by atoms with E-state index >= 15 is 0 Å². The second kappa shape index (κ2) is 9.05. The van der Waals surface area contributed by atoms with Gasteiger partial charge in [-0.3, -0.25) is 0 Å². The minimum absolute atomic E-state index is 0.0423. The first-order valence-corrected chi connectivity index (χ1v) is 10.2. The number of hydrogen-bond donors (Lipinski definition) is 4. The first-order chi connectivity index (χ1) is 15.4. The van der Waals surface area contributed by atoms with Gasteiger partial charge in [-0.15, -0.1) is 0 Å². The number of carboxylic acid groups (broad SMARTS) is 2. The number of ether oxygens (including phenoxy) is 2. The summed E-state index contributed by atoms with van der Waals surface area (Å²) in [5.74, 6) is -4.61. The van der Waals surface area contributed by atoms with Crippen molar-refractivity contribution in [1.82, 2.24) is 0 Å². The summed E-state index contributed by atoms with van der Waals surface area (Å²) in [4.78, 5) is 49.1. The average Bonchev–Trinajstić information content (AvgIpc) is 2.63. The molecule has 2 rings (SSSR count). The molecule has 0 saturated carbocycles. The zero-order valence-corrected chi connectivity index (χ0v) is 19.8. The molecular formula is C24H28N2O8. The summed E-state index contributed by atoms with van der Waals surface area (Å²) in [6, 6.07) is 4.78. The van der Waals surface area contributed by atoms with Crippen molar-refractivity contribution in [1.29, 1.82) is 0 Å². The molecule has 6 N–H and O–H groups in total. The normalized spacial score (nSPS) is 11.6. The molecule has 0 fully saturated rings. The van der Waals surface area contributed by atoms with E-state index in [2.05, 4.69) is 0 Å². The van der Waals surface area contributed by atoms with E-state index in [1.807, 2.05) is 0 Å². The van der Waals surface area contributed by atoms with Gasteiger partial charge in [-0.1, -0.05) is 6.07 Å². The van der Waals surface area contributed by atoms with Crippen molar-refractivity contribution < 1.29 is 38.9 Å². The van der Waals surface area contributed by atoms with Crippen LogP contribution in [0, 0.1) is 0 Å². The minimum Gasteiger partial charge on any atom is -0.478 e. The van der Waals surface area contributed by atoms with Gasteiger partial charge in [-0.05, 0) is 65.3 Å². The van der Waals surface area contributed by atoms with Gasteiger partial charge in [0, 0.05) is 11.3 Å². The maximum Gasteiger partial charge on any atom is 0.342 e. The number of benzene rings is 2. The van der Waals surface area contributed by atoms with Crippen LogP contribution in [0.3, 0.4) is 0 Å². The van der Waals surface area contributed by atoms with E-state index < -0.39 is 46.3 Å². The predicted molar refractivity (Wildman–Crippen MR) is 125 cm³/mol. The lowest BCUT2D eigenvalue weighted by Crippen LogP contribution is -2.26. The number of hydrogen-bond acceptors (Lipinski definition) is 8. The van der Waals surface area contributed by atoms with Crippen molar-refractivity contribution >= 4 is 35.3 Å². The highest BCUT2D eigenvalue weighted by atomic mass is 16.6. The van der Waals surface area contributed by atoms with Crippen molar-refractivity contribution in [3.63, 3.8) is 0 Å². The fourth-order valence-electron chi connectivity index (χ4n) is 3.15. The van der Waals surface area contributed by atoms with Crippen LogP contribution in [0.15, 0.2) is 24.3 Å². The molecule has 10 heteroatoms. The highest BCUT2D eigenvalue weighted by molar-refractivity contribution is 6.13. The zero-order chi connectivity index (χ0) is 26.2. The number of aromatic carboxylic acids is 2. The summed E-state index contributed by atoms with van der Waals surface area (Å²) >= 11 is 0. The molecule has 0 aliphatic heterocycles. The Hall–Kier alpha value is -4.08. The van der Waals surface area contributed by atoms with Gasteiger partial charge in [0.25, 0.3) is 0 Å². The number of anilines is 2. The Labute approximate surface area is 196 Å². The molecule has 2 aromatic rings. The Balaban J connectivity index is 2.76. The Morgan fingerprint density at radius 1 is 0.735 bits per heavy atom. The quantitative estimate of drug-likeness (QED) is 0.369. The minimum atomic E-state index is -1.51. The van der Waals surface area contributed by atoms with Crippen molar-refractivity contribution in [2.75, 3.05) is 11.5 Å². The van der Waals surface area contributed by atoms with Gasteiger partial charge in [0.15, 0.2) is 0 Å². The lowest BCUT2D eigenvalue weighted by molar-refractivity contribution is 0.00578. The van der Waals surface area contributed by atoms with E-state index in [1.165, 1.54) is 12.1 Å². The van der Waals surface area contributed by atoms with Crippen LogP contribution in [0.1, 0.15) is 83.0 Å². The largest absolute Gasteiger partial charge is 0.478 e. The van der Waals surface area contributed by atoms with Crippen LogP contribution in [0.25, 0.3) is 11.1 Å². The van der Waals surface area contributed by atoms with Crippen LogP contribution in [0.5, 0.6) is 0 Å². The van der Waals surface area contributed by atoms with E-state index in [4.69, 9.17) is 20.9 Å². The summed E-state index contributed by atoms with van der Waals surface area (Å²) in [5.41, 5.74) is 8.21. The number of nitrogen functional groups attached to an aromatic ring is 2. The third-order valence-electron chi connectivity index (χ3n) is 4.39. The maximum atomic E-state index is 12.6. The molecule has 0 aliphatic rings. The molecule has 0 heterocycles. The number of carbonyl (C=O) groups excluding carboxylic acids is 2. The number of rotatable bonds is 5. The Kier molecular flexibility index (Phi) is 6.96. The fourth-order valence-corrected chi connectivity index (χ4v) is 3.15. The zero-order valence-electron chi connectivity index (χ0n) is 19.8. The van der Waals surface area contributed by atoms with Crippen molar-refractivity contribution in [3.8, 4) is 11.1 Å². The molecule has 0 radical (unpaired) electrons. The topological polar surface area (TPSA) is 179 Å². The Morgan fingerprint density at radius 2 is 1.26 bits per heavy atom. The number of nitrogens with two attached hydrogens (primary N) is 2. The third kappa shape index (κ3) is 5.83. The first kappa shape index (κ1) is 26.2. The molecule has 0 unspecified atom stereocenters. The van der Waals surface area contributed by atoms with Crippen molar-refractivity contribution in [2.24, 2.45) is 0 Å². The monoisotopic (exact) mass is 472 g/mol. The van der Waals surface area contributed by atoms with Crippen molar-refractivity contribution in [3.05, 3.63) is 46.5 Å². The molecule has 34 heavy (non-hydrogen) atoms. The lowest BCUT2D eigenvalue weighted by Gasteiger charge is -2.22. The van der Waals surface area contributed by atoms with E-state index in [-0.39, 0.29) is 33.5 Å². The highest BCUT2D eigenvalue weighted by Crippen LogP contribution is 2.37. The van der Waals surface area contributed by atoms with Gasteiger partial charge in [0.1, 0.15) is 16.8 Å². The molecule has 2 aromatic carbocycles. The molecule has 10 nitrogen and oxygen atoms in total. The number of carbonyl (C=O) groups is 4. The second-order valence-corrected chi connectivity index (χ2v) is 9.55. The fraction of sp³-hybridized carbons (Fsp3) is 0.333. The molecule has 0 aromatic heterocycles. The Bertz CT molecular complexity index is 1190. The van der Waals surface area contributed by atoms with E-state index in [1.54, 1.807) is 41.5 Å². The number of carboxylic acids is 2. The SMILES string of the molecule is CC(C)(C)OC(=O)c1ccc(-c2cc(N)c(C(=O)OC(C)(C)C)c(N)c2C(=O)O)c(C(=O)O)c1. The lowest BCUT2D eigenvalue weighted by atomic mass is 9.90. The molecule has 0 aliphatic carbocycles. The molecule has 0 bridgehead atoms. The van der Waals surface area contributed by atoms with E-state index in [0.29, 0.717) is 0 Å². The summed E-state index contributed by atoms with van der Waals surface area (Å²) in [6.07, 6.45) is 0. The van der Waals surface area contributed by atoms with Crippen molar-refractivity contribution in [2.45, 2.75) is 52.7 Å². The highest BCUT2D eigenvalue weighted by Gasteiger charge is 2.30. The van der Waals surface area contributed by atoms with E-state index in [0.717, 1.165) is 12.1 Å². The summed E-state index contributed by atoms with van der Waals surface area (Å²) in [7, 11) is 0. The van der Waals surface area contributed by atoms with Gasteiger partial charge in [0.2, 0.25) is 0 Å². The van der Waals surface area contributed by atoms with Gasteiger partial charge in [-0.25, -0.2) is 19.2 Å². The average molecular weight is 472 g/mol. The molecule has 0 spiro atoms. The maximum absolute atomic E-state index is 12.6. The molecule has 0 atom stereocenters. The van der Waals surface area contributed by atoms with Crippen LogP contribution in [0.2, 0.25) is 0 Å². The van der Waals surface area contributed by atoms with Crippen LogP contribution in [-0.4, -0.2) is 45.3 Å². The van der Waals surface area contributed by atoms with Crippen LogP contribution in [0.4, 0.5) is 11.4 Å². The van der Waals surface area contributed by atoms with Crippen LogP contribution in [-0.2, 0) is 9.47 Å². The first-order valence-electron chi connectivity index (χ1n) is 10.2. The third-order valence-corrected chi connectivity index (χ3v) is 4.39. The predicted octanol–water partition coefficient (Wildman–Crippen LogP) is 3.83. The molecule has 182 valence electrons. The number of esters is 2. The van der Waals surface area contributed by atoms with Crippen LogP contribution < -0.4 is 11.5 Å². The van der Waals surface area contributed by atoms with Gasteiger partial charge < -0.3 is 31.2 Å². The van der Waals surface area contributed by atoms with E-state index in [9.17, 15) is 29.4 Å². The van der Waals surface area contributed by atoms with Crippen LogP contribution >= 0.6 is 0 Å². The summed E-state index contributed by atoms with van der Waals surface area (Å²) in [5, 5.41) is 19.6. The molecular weight excluding hydrogens is 444 g/mol. The van der Waals surface area contributed by atoms with Gasteiger partial charge >= 0.3 is 23.9 Å². The molecule has 0 saturated heterocycles. The Morgan fingerprint density at radius 3 is 1.74 bits per heavy atom. The molecule has 0 amide bonds. The standard InChI is InChI=1S/C24H28N2O8/c1-23(2,3)33-21(31)11-7-8-12(14(9-11)19(27)28)13-10-15(25)17(18(26)16(13)20(29)30)22(32)34-24(4,5)6/h7-10H,25-26H2,1-6H3,(H,27,28)(H,29,30). The summed E-state index contributed by atoms with van der Waals surface area (Å²) in [6.45, 7) is 9.84. The smallest absolute Gasteiger partial charge is 0.342 e. The second-order valence-electron chi connectivity index (χ2n) is 9.55. The summed E-state index contributed by atoms with van der Waals surface area (Å²) < 4.78 is 10.5. The van der Waals surface area contributed by atoms with Gasteiger partial charge in [-0.2, -0.15) is 0 Å². The van der Waals surface area contributed by atoms with Gasteiger partial charge in [0.05, 0.1) is 22.4 Å².